The molecule has 4 rings (SSSR count). The highest BCUT2D eigenvalue weighted by molar-refractivity contribution is 5.57. The highest BCUT2D eigenvalue weighted by Gasteiger charge is 2.43. The van der Waals surface area contributed by atoms with Gasteiger partial charge in [-0.2, -0.15) is 0 Å². The highest BCUT2D eigenvalue weighted by Crippen LogP contribution is 2.49. The van der Waals surface area contributed by atoms with Gasteiger partial charge in [-0.05, 0) is 73.5 Å². The molecular formula is C24H36O2. The molecule has 2 fully saturated rings. The maximum absolute atomic E-state index is 10.8. The molecule has 2 bridgehead atoms. The maximum Gasteiger partial charge on any atom is 0.123 e. The molecule has 0 spiro atoms. The minimum absolute atomic E-state index is 0.310. The summed E-state index contributed by atoms with van der Waals surface area (Å²) in [6, 6.07) is 0. The van der Waals surface area contributed by atoms with Crippen LogP contribution in [0.3, 0.4) is 0 Å². The molecule has 2 saturated carbocycles. The summed E-state index contributed by atoms with van der Waals surface area (Å²) >= 11 is 0. The van der Waals surface area contributed by atoms with Crippen molar-refractivity contribution in [3.63, 3.8) is 0 Å². The molecule has 7 atom stereocenters. The van der Waals surface area contributed by atoms with Crippen molar-refractivity contribution in [2.24, 2.45) is 46.8 Å². The summed E-state index contributed by atoms with van der Waals surface area (Å²) in [5.41, 5.74) is 0.310. The van der Waals surface area contributed by atoms with Crippen LogP contribution in [0, 0.1) is 46.8 Å². The molecule has 0 aromatic rings. The molecule has 0 aromatic heterocycles. The Morgan fingerprint density at radius 2 is 1.81 bits per heavy atom. The van der Waals surface area contributed by atoms with Crippen LogP contribution < -0.4 is 0 Å². The number of aldehydes is 2. The van der Waals surface area contributed by atoms with Gasteiger partial charge in [0, 0.05) is 11.8 Å². The maximum atomic E-state index is 10.8. The minimum Gasteiger partial charge on any atom is -0.303 e. The molecule has 0 N–H and O–H groups in total. The van der Waals surface area contributed by atoms with Crippen molar-refractivity contribution in [3.05, 3.63) is 24.3 Å². The molecule has 0 aliphatic heterocycles. The van der Waals surface area contributed by atoms with Crippen LogP contribution in [-0.4, -0.2) is 12.6 Å². The first-order chi connectivity index (χ1) is 12.5. The van der Waals surface area contributed by atoms with Gasteiger partial charge in [-0.3, -0.25) is 0 Å². The Labute approximate surface area is 159 Å². The Balaban J connectivity index is 0.000000152. The summed E-state index contributed by atoms with van der Waals surface area (Å²) in [7, 11) is 0. The van der Waals surface area contributed by atoms with E-state index in [2.05, 4.69) is 45.1 Å². The smallest absolute Gasteiger partial charge is 0.123 e. The van der Waals surface area contributed by atoms with Crippen molar-refractivity contribution in [2.45, 2.75) is 65.7 Å². The third-order valence-electron chi connectivity index (χ3n) is 7.64. The van der Waals surface area contributed by atoms with E-state index >= 15 is 0 Å². The van der Waals surface area contributed by atoms with E-state index in [1.807, 2.05) is 0 Å². The number of carbonyl (C=O) groups excluding carboxylic acids is 2. The molecule has 144 valence electrons. The Hall–Kier alpha value is -1.18. The average molecular weight is 357 g/mol. The molecular weight excluding hydrogens is 320 g/mol. The standard InChI is InChI=1S/C13H20O.C11H16O/c1-13(2)7-3-4-11-6-5-10(9-14)8-12(11)13;1-2-3-10-8-4-5-9(6-8)11(10)7-12/h3,7,9-12H,4-6,8H2,1-2H3;4-5,7-11H,2-3,6H2,1H3. The Morgan fingerprint density at radius 1 is 1.04 bits per heavy atom. The van der Waals surface area contributed by atoms with Crippen LogP contribution in [0.2, 0.25) is 0 Å². The van der Waals surface area contributed by atoms with E-state index in [1.165, 1.54) is 44.7 Å². The molecule has 0 aromatic carbocycles. The predicted octanol–water partition coefficient (Wildman–Crippen LogP) is 5.63. The van der Waals surface area contributed by atoms with Gasteiger partial charge >= 0.3 is 0 Å². The average Bonchev–Trinajstić information content (AvgIpc) is 3.24. The van der Waals surface area contributed by atoms with Crippen LogP contribution in [-0.2, 0) is 9.59 Å². The van der Waals surface area contributed by atoms with Gasteiger partial charge < -0.3 is 9.59 Å². The van der Waals surface area contributed by atoms with E-state index in [9.17, 15) is 9.59 Å². The van der Waals surface area contributed by atoms with Crippen LogP contribution in [0.4, 0.5) is 0 Å². The van der Waals surface area contributed by atoms with Gasteiger partial charge in [0.05, 0.1) is 0 Å². The fourth-order valence-corrected chi connectivity index (χ4v) is 6.16. The zero-order valence-electron chi connectivity index (χ0n) is 16.8. The predicted molar refractivity (Wildman–Crippen MR) is 107 cm³/mol. The fraction of sp³-hybridized carbons (Fsp3) is 0.750. The molecule has 4 aliphatic carbocycles. The third kappa shape index (κ3) is 3.89. The molecule has 0 heterocycles. The second kappa shape index (κ2) is 8.23. The molecule has 0 radical (unpaired) electrons. The Kier molecular flexibility index (Phi) is 6.20. The molecule has 2 heteroatoms. The summed E-state index contributed by atoms with van der Waals surface area (Å²) < 4.78 is 0. The van der Waals surface area contributed by atoms with Gasteiger partial charge in [-0.1, -0.05) is 51.5 Å². The normalized spacial score (nSPS) is 41.9. The van der Waals surface area contributed by atoms with Crippen molar-refractivity contribution >= 4 is 12.6 Å². The fourth-order valence-electron chi connectivity index (χ4n) is 6.16. The van der Waals surface area contributed by atoms with Crippen LogP contribution in [0.15, 0.2) is 24.3 Å². The SMILES string of the molecule is CC1(C)C=CCC2CCC(C=O)CC21.CCCC1C2C=CC(C2)C1C=O. The first-order valence-electron chi connectivity index (χ1n) is 10.8. The summed E-state index contributed by atoms with van der Waals surface area (Å²) in [6.45, 7) is 6.83. The largest absolute Gasteiger partial charge is 0.303 e. The van der Waals surface area contributed by atoms with Gasteiger partial charge in [0.25, 0.3) is 0 Å². The molecule has 7 unspecified atom stereocenters. The van der Waals surface area contributed by atoms with Crippen molar-refractivity contribution in [1.29, 1.82) is 0 Å². The molecule has 26 heavy (non-hydrogen) atoms. The third-order valence-corrected chi connectivity index (χ3v) is 7.64. The second-order valence-electron chi connectivity index (χ2n) is 9.65. The first-order valence-corrected chi connectivity index (χ1v) is 10.8. The number of rotatable bonds is 4. The summed E-state index contributed by atoms with van der Waals surface area (Å²) in [6.07, 6.45) is 20.0. The van der Waals surface area contributed by atoms with Crippen LogP contribution in [0.1, 0.15) is 65.7 Å². The van der Waals surface area contributed by atoms with E-state index in [4.69, 9.17) is 0 Å². The Morgan fingerprint density at radius 3 is 2.50 bits per heavy atom. The molecule has 0 amide bonds. The summed E-state index contributed by atoms with van der Waals surface area (Å²) in [4.78, 5) is 21.7. The monoisotopic (exact) mass is 356 g/mol. The molecule has 0 saturated heterocycles. The lowest BCUT2D eigenvalue weighted by molar-refractivity contribution is -0.114. The number of fused-ring (bicyclic) bond motifs is 3. The zero-order chi connectivity index (χ0) is 18.7. The summed E-state index contributed by atoms with van der Waals surface area (Å²) in [5.74, 6) is 4.24. The van der Waals surface area contributed by atoms with E-state index in [0.717, 1.165) is 30.6 Å². The highest BCUT2D eigenvalue weighted by atomic mass is 16.1. The van der Waals surface area contributed by atoms with Crippen LogP contribution in [0.5, 0.6) is 0 Å². The number of hydrogen-bond donors (Lipinski definition) is 0. The van der Waals surface area contributed by atoms with Gasteiger partial charge in [0.2, 0.25) is 0 Å². The van der Waals surface area contributed by atoms with Crippen LogP contribution in [0.25, 0.3) is 0 Å². The lowest BCUT2D eigenvalue weighted by Gasteiger charge is -2.45. The van der Waals surface area contributed by atoms with Gasteiger partial charge in [-0.15, -0.1) is 0 Å². The van der Waals surface area contributed by atoms with E-state index < -0.39 is 0 Å². The number of carbonyl (C=O) groups is 2. The van der Waals surface area contributed by atoms with Gasteiger partial charge in [0.1, 0.15) is 12.6 Å². The number of allylic oxidation sites excluding steroid dienone is 4. The second-order valence-corrected chi connectivity index (χ2v) is 9.65. The van der Waals surface area contributed by atoms with E-state index in [1.54, 1.807) is 0 Å². The molecule has 2 nitrogen and oxygen atoms in total. The van der Waals surface area contributed by atoms with Gasteiger partial charge in [-0.25, -0.2) is 0 Å². The van der Waals surface area contributed by atoms with Crippen molar-refractivity contribution in [1.82, 2.24) is 0 Å². The van der Waals surface area contributed by atoms with Crippen molar-refractivity contribution in [3.8, 4) is 0 Å². The lowest BCUT2D eigenvalue weighted by atomic mass is 9.60. The Bertz CT molecular complexity index is 559. The van der Waals surface area contributed by atoms with E-state index in [0.29, 0.717) is 29.1 Å². The summed E-state index contributed by atoms with van der Waals surface area (Å²) in [5, 5.41) is 0. The quantitative estimate of drug-likeness (QED) is 0.483. The van der Waals surface area contributed by atoms with Crippen molar-refractivity contribution in [2.75, 3.05) is 0 Å². The van der Waals surface area contributed by atoms with Gasteiger partial charge in [0.15, 0.2) is 0 Å². The van der Waals surface area contributed by atoms with Crippen LogP contribution >= 0.6 is 0 Å². The topological polar surface area (TPSA) is 34.1 Å². The lowest BCUT2D eigenvalue weighted by Crippen LogP contribution is -2.37. The van der Waals surface area contributed by atoms with E-state index in [-0.39, 0.29) is 0 Å². The minimum atomic E-state index is 0.310. The first kappa shape index (κ1) is 19.6. The molecule has 4 aliphatic rings. The van der Waals surface area contributed by atoms with Crippen molar-refractivity contribution < 1.29 is 9.59 Å². The number of hydrogen-bond acceptors (Lipinski definition) is 2. The zero-order valence-corrected chi connectivity index (χ0v) is 16.8.